The maximum atomic E-state index is 3.80. The van der Waals surface area contributed by atoms with Crippen molar-refractivity contribution in [2.45, 2.75) is 44.9 Å². The summed E-state index contributed by atoms with van der Waals surface area (Å²) in [4.78, 5) is 0. The van der Waals surface area contributed by atoms with Crippen molar-refractivity contribution in [2.24, 2.45) is 0 Å². The summed E-state index contributed by atoms with van der Waals surface area (Å²) in [6.07, 6.45) is 11.7. The first kappa shape index (κ1) is 20.9. The maximum Gasteiger partial charge on any atom is -0.0184 e. The Kier molecular flexibility index (Phi) is 8.07. The fourth-order valence-electron chi connectivity index (χ4n) is 3.61. The molecule has 29 heavy (non-hydrogen) atoms. The molecule has 3 aromatic rings. The van der Waals surface area contributed by atoms with E-state index in [9.17, 15) is 0 Å². The van der Waals surface area contributed by atoms with Gasteiger partial charge < -0.3 is 0 Å². The minimum absolute atomic E-state index is 1.03. The van der Waals surface area contributed by atoms with Crippen LogP contribution in [0.15, 0.2) is 98.1 Å². The molecule has 0 fully saturated rings. The monoisotopic (exact) mass is 380 g/mol. The molecule has 0 aliphatic rings. The van der Waals surface area contributed by atoms with Crippen molar-refractivity contribution >= 4 is 0 Å². The van der Waals surface area contributed by atoms with Gasteiger partial charge in [0.2, 0.25) is 0 Å². The number of rotatable bonds is 11. The highest BCUT2D eigenvalue weighted by Gasteiger charge is 2.01. The molecule has 0 amide bonds. The zero-order valence-electron chi connectivity index (χ0n) is 17.4. The summed E-state index contributed by atoms with van der Waals surface area (Å²) in [7, 11) is 0. The van der Waals surface area contributed by atoms with Crippen LogP contribution in [0.2, 0.25) is 0 Å². The van der Waals surface area contributed by atoms with Gasteiger partial charge in [0.05, 0.1) is 0 Å². The van der Waals surface area contributed by atoms with Crippen LogP contribution in [-0.4, -0.2) is 0 Å². The van der Waals surface area contributed by atoms with Gasteiger partial charge in [0.1, 0.15) is 0 Å². The van der Waals surface area contributed by atoms with Crippen molar-refractivity contribution in [3.63, 3.8) is 0 Å². The van der Waals surface area contributed by atoms with Gasteiger partial charge in [-0.1, -0.05) is 84.9 Å². The highest BCUT2D eigenvalue weighted by atomic mass is 14.1. The minimum Gasteiger partial charge on any atom is -0.103 e. The normalized spacial score (nSPS) is 10.6. The summed E-state index contributed by atoms with van der Waals surface area (Å²) in [5.74, 6) is 0. The first-order valence-corrected chi connectivity index (χ1v) is 10.8. The fraction of sp³-hybridized carbons (Fsp3) is 0.241. The van der Waals surface area contributed by atoms with Gasteiger partial charge in [0.25, 0.3) is 0 Å². The van der Waals surface area contributed by atoms with Crippen LogP contribution in [0.4, 0.5) is 0 Å². The van der Waals surface area contributed by atoms with Gasteiger partial charge in [0.15, 0.2) is 0 Å². The zero-order valence-corrected chi connectivity index (χ0v) is 17.4. The molecule has 0 nitrogen and oxygen atoms in total. The summed E-state index contributed by atoms with van der Waals surface area (Å²) in [5.41, 5.74) is 8.18. The molecule has 0 unspecified atom stereocenters. The summed E-state index contributed by atoms with van der Waals surface area (Å²) < 4.78 is 0. The van der Waals surface area contributed by atoms with E-state index in [-0.39, 0.29) is 0 Å². The quantitative estimate of drug-likeness (QED) is 0.235. The van der Waals surface area contributed by atoms with Crippen molar-refractivity contribution in [1.29, 1.82) is 0 Å². The smallest absolute Gasteiger partial charge is 0.0184 e. The maximum absolute atomic E-state index is 3.80. The molecule has 3 aromatic carbocycles. The van der Waals surface area contributed by atoms with Gasteiger partial charge in [-0.05, 0) is 78.3 Å². The first-order chi connectivity index (χ1) is 14.3. The Labute approximate surface area is 176 Å². The lowest BCUT2D eigenvalue weighted by Crippen LogP contribution is -1.93. The van der Waals surface area contributed by atoms with Crippen molar-refractivity contribution in [3.8, 4) is 11.1 Å². The van der Waals surface area contributed by atoms with Crippen LogP contribution in [-0.2, 0) is 25.7 Å². The molecule has 0 saturated heterocycles. The Morgan fingerprint density at radius 1 is 0.448 bits per heavy atom. The van der Waals surface area contributed by atoms with E-state index < -0.39 is 0 Å². The third-order valence-corrected chi connectivity index (χ3v) is 5.48. The van der Waals surface area contributed by atoms with E-state index in [1.807, 2.05) is 12.2 Å². The molecule has 0 heteroatoms. The number of allylic oxidation sites excluding steroid dienone is 2. The number of aryl methyl sites for hydroxylation is 4. The Balaban J connectivity index is 1.52. The first-order valence-electron chi connectivity index (χ1n) is 10.8. The molecule has 0 aliphatic heterocycles. The summed E-state index contributed by atoms with van der Waals surface area (Å²) >= 11 is 0. The van der Waals surface area contributed by atoms with Gasteiger partial charge in [-0.15, -0.1) is 13.2 Å². The third-order valence-electron chi connectivity index (χ3n) is 5.48. The fourth-order valence-corrected chi connectivity index (χ4v) is 3.61. The second-order valence-corrected chi connectivity index (χ2v) is 7.72. The molecule has 148 valence electrons. The van der Waals surface area contributed by atoms with Crippen LogP contribution < -0.4 is 0 Å². The van der Waals surface area contributed by atoms with E-state index in [0.29, 0.717) is 0 Å². The van der Waals surface area contributed by atoms with E-state index in [2.05, 4.69) is 86.0 Å². The van der Waals surface area contributed by atoms with Crippen LogP contribution >= 0.6 is 0 Å². The van der Waals surface area contributed by atoms with Crippen molar-refractivity contribution in [3.05, 3.63) is 120 Å². The van der Waals surface area contributed by atoms with Crippen molar-refractivity contribution in [1.82, 2.24) is 0 Å². The summed E-state index contributed by atoms with van der Waals surface area (Å²) in [6.45, 7) is 7.59. The van der Waals surface area contributed by atoms with Crippen LogP contribution in [0.1, 0.15) is 41.5 Å². The number of hydrogen-bond donors (Lipinski definition) is 0. The molecule has 0 radical (unpaired) electrons. The van der Waals surface area contributed by atoms with Crippen LogP contribution in [0.5, 0.6) is 0 Å². The largest absolute Gasteiger partial charge is 0.103 e. The molecular weight excluding hydrogens is 348 g/mol. The average molecular weight is 381 g/mol. The molecule has 0 bridgehead atoms. The van der Waals surface area contributed by atoms with E-state index in [0.717, 1.165) is 38.5 Å². The lowest BCUT2D eigenvalue weighted by Gasteiger charge is -2.07. The van der Waals surface area contributed by atoms with Crippen molar-refractivity contribution < 1.29 is 0 Å². The Morgan fingerprint density at radius 2 is 0.828 bits per heavy atom. The number of benzene rings is 3. The molecular formula is C29H32. The number of unbranched alkanes of at least 4 members (excludes halogenated alkanes) is 1. The molecule has 0 aromatic heterocycles. The molecule has 0 N–H and O–H groups in total. The minimum atomic E-state index is 1.03. The van der Waals surface area contributed by atoms with Gasteiger partial charge >= 0.3 is 0 Å². The molecule has 0 atom stereocenters. The Morgan fingerprint density at radius 3 is 1.28 bits per heavy atom. The molecule has 3 rings (SSSR count). The predicted molar refractivity (Wildman–Crippen MR) is 127 cm³/mol. The lowest BCUT2D eigenvalue weighted by molar-refractivity contribution is 0.842. The summed E-state index contributed by atoms with van der Waals surface area (Å²) in [6, 6.07) is 27.1. The Bertz CT molecular complexity index is 880. The molecule has 0 spiro atoms. The van der Waals surface area contributed by atoms with Crippen LogP contribution in [0, 0.1) is 0 Å². The molecule has 0 aliphatic carbocycles. The van der Waals surface area contributed by atoms with E-state index in [4.69, 9.17) is 0 Å². The van der Waals surface area contributed by atoms with Gasteiger partial charge in [-0.25, -0.2) is 0 Å². The van der Waals surface area contributed by atoms with E-state index in [1.165, 1.54) is 39.8 Å². The second kappa shape index (κ2) is 11.2. The van der Waals surface area contributed by atoms with E-state index in [1.54, 1.807) is 0 Å². The highest BCUT2D eigenvalue weighted by molar-refractivity contribution is 5.64. The lowest BCUT2D eigenvalue weighted by atomic mass is 9.98. The average Bonchev–Trinajstić information content (AvgIpc) is 2.78. The highest BCUT2D eigenvalue weighted by Crippen LogP contribution is 2.21. The van der Waals surface area contributed by atoms with Gasteiger partial charge in [-0.3, -0.25) is 0 Å². The standard InChI is InChI=1S/C29H32/c1-3-5-7-9-25-10-12-26(13-11-25)14-15-27-18-22-29(23-19-27)28-20-16-24(17-21-28)8-6-4-2/h3-4,10-13,16-23H,1-2,5-9,14-15H2. The second-order valence-electron chi connectivity index (χ2n) is 7.72. The number of hydrogen-bond acceptors (Lipinski definition) is 0. The van der Waals surface area contributed by atoms with Gasteiger partial charge in [0, 0.05) is 0 Å². The predicted octanol–water partition coefficient (Wildman–Crippen LogP) is 7.77. The SMILES string of the molecule is C=CCCCc1ccc(CCc2ccc(-c3ccc(CCC=C)cc3)cc2)cc1. The van der Waals surface area contributed by atoms with E-state index >= 15 is 0 Å². The zero-order chi connectivity index (χ0) is 20.3. The van der Waals surface area contributed by atoms with Crippen molar-refractivity contribution in [2.75, 3.05) is 0 Å². The molecule has 0 saturated carbocycles. The molecule has 0 heterocycles. The van der Waals surface area contributed by atoms with Gasteiger partial charge in [-0.2, -0.15) is 0 Å². The summed E-state index contributed by atoms with van der Waals surface area (Å²) in [5, 5.41) is 0. The van der Waals surface area contributed by atoms with Crippen LogP contribution in [0.25, 0.3) is 11.1 Å². The topological polar surface area (TPSA) is 0 Å². The van der Waals surface area contributed by atoms with Crippen LogP contribution in [0.3, 0.4) is 0 Å². The third kappa shape index (κ3) is 6.61. The Hall–Kier alpha value is -2.86.